The zero-order valence-electron chi connectivity index (χ0n) is 16.2. The highest BCUT2D eigenvalue weighted by Crippen LogP contribution is 2.22. The minimum atomic E-state index is -0.238. The van der Waals surface area contributed by atoms with Gasteiger partial charge in [-0.15, -0.1) is 0 Å². The molecule has 150 valence electrons. The largest absolute Gasteiger partial charge is 0.489 e. The maximum atomic E-state index is 12.9. The molecule has 2 heterocycles. The fourth-order valence-corrected chi connectivity index (χ4v) is 3.35. The lowest BCUT2D eigenvalue weighted by atomic mass is 10.2. The molecule has 0 fully saturated rings. The first-order chi connectivity index (χ1) is 14.6. The zero-order chi connectivity index (χ0) is 20.9. The van der Waals surface area contributed by atoms with E-state index in [4.69, 9.17) is 4.74 Å². The second-order valence-electron chi connectivity index (χ2n) is 6.69. The Morgan fingerprint density at radius 2 is 1.97 bits per heavy atom. The molecule has 0 spiro atoms. The van der Waals surface area contributed by atoms with Crippen LogP contribution in [0.4, 0.5) is 5.82 Å². The van der Waals surface area contributed by atoms with E-state index in [1.165, 1.54) is 0 Å². The molecule has 2 aromatic carbocycles. The van der Waals surface area contributed by atoms with Crippen molar-refractivity contribution >= 4 is 27.7 Å². The fraction of sp³-hybridized carbons (Fsp3) is 0.0870. The number of aromatic nitrogens is 3. The number of halogens is 1. The van der Waals surface area contributed by atoms with Crippen LogP contribution in [0.2, 0.25) is 0 Å². The molecule has 0 saturated carbocycles. The number of amides is 1. The summed E-state index contributed by atoms with van der Waals surface area (Å²) in [5.74, 6) is 0.971. The van der Waals surface area contributed by atoms with Gasteiger partial charge in [0.2, 0.25) is 0 Å². The van der Waals surface area contributed by atoms with Gasteiger partial charge in [0.25, 0.3) is 5.91 Å². The summed E-state index contributed by atoms with van der Waals surface area (Å²) in [6.45, 7) is 2.27. The highest BCUT2D eigenvalue weighted by molar-refractivity contribution is 9.10. The molecule has 7 heteroatoms. The number of hydrogen-bond acceptors (Lipinski definition) is 4. The predicted molar refractivity (Wildman–Crippen MR) is 119 cm³/mol. The number of nitrogens with zero attached hydrogens (tertiary/aromatic N) is 3. The number of benzene rings is 2. The Labute approximate surface area is 182 Å². The first-order valence-electron chi connectivity index (χ1n) is 9.34. The van der Waals surface area contributed by atoms with Crippen molar-refractivity contribution in [1.82, 2.24) is 14.8 Å². The summed E-state index contributed by atoms with van der Waals surface area (Å²) in [4.78, 5) is 16.9. The van der Waals surface area contributed by atoms with E-state index in [1.54, 1.807) is 35.3 Å². The molecule has 0 aliphatic carbocycles. The number of carbonyl (C=O) groups excluding carboxylic acids is 1. The van der Waals surface area contributed by atoms with Crippen LogP contribution >= 0.6 is 15.9 Å². The van der Waals surface area contributed by atoms with Gasteiger partial charge < -0.3 is 10.1 Å². The average molecular weight is 463 g/mol. The molecule has 30 heavy (non-hydrogen) atoms. The Morgan fingerprint density at radius 3 is 2.77 bits per heavy atom. The summed E-state index contributed by atoms with van der Waals surface area (Å²) in [5, 5.41) is 7.45. The van der Waals surface area contributed by atoms with Crippen LogP contribution in [0.5, 0.6) is 5.75 Å². The number of hydrogen-bond donors (Lipinski definition) is 1. The quantitative estimate of drug-likeness (QED) is 0.429. The van der Waals surface area contributed by atoms with Crippen LogP contribution in [-0.4, -0.2) is 20.7 Å². The predicted octanol–water partition coefficient (Wildman–Crippen LogP) is 5.17. The second kappa shape index (κ2) is 8.92. The molecule has 1 N–H and O–H groups in total. The summed E-state index contributed by atoms with van der Waals surface area (Å²) in [5.41, 5.74) is 3.11. The Kier molecular flexibility index (Phi) is 5.90. The number of pyridine rings is 1. The molecular formula is C23H19BrN4O2. The summed E-state index contributed by atoms with van der Waals surface area (Å²) in [6, 6.07) is 20.5. The molecule has 0 atom stereocenters. The van der Waals surface area contributed by atoms with Crippen molar-refractivity contribution in [3.63, 3.8) is 0 Å². The molecule has 0 aliphatic rings. The summed E-state index contributed by atoms with van der Waals surface area (Å²) >= 11 is 3.47. The van der Waals surface area contributed by atoms with Crippen molar-refractivity contribution < 1.29 is 9.53 Å². The van der Waals surface area contributed by atoms with E-state index in [-0.39, 0.29) is 5.91 Å². The molecule has 0 radical (unpaired) electrons. The van der Waals surface area contributed by atoms with Crippen LogP contribution in [0.25, 0.3) is 5.69 Å². The fourth-order valence-electron chi connectivity index (χ4n) is 2.96. The minimum Gasteiger partial charge on any atom is -0.489 e. The molecule has 0 aliphatic heterocycles. The van der Waals surface area contributed by atoms with Gasteiger partial charge in [0.05, 0.1) is 11.4 Å². The molecule has 4 aromatic rings. The third kappa shape index (κ3) is 4.75. The average Bonchev–Trinajstić information content (AvgIpc) is 3.13. The number of nitrogens with one attached hydrogen (secondary N) is 1. The Bertz CT molecular complexity index is 1170. The number of aryl methyl sites for hydroxylation is 1. The monoisotopic (exact) mass is 462 g/mol. The molecule has 0 saturated heterocycles. The standard InChI is InChI=1S/C23H19BrN4O2/c1-16-11-22(28(27-16)20-8-3-7-19(24)13-20)26-23(29)18-6-2-9-21(12-18)30-15-17-5-4-10-25-14-17/h2-14H,15H2,1H3,(H,26,29). The third-order valence-electron chi connectivity index (χ3n) is 4.35. The third-order valence-corrected chi connectivity index (χ3v) is 4.84. The maximum absolute atomic E-state index is 12.9. The van der Waals surface area contributed by atoms with E-state index in [2.05, 4.69) is 31.3 Å². The highest BCUT2D eigenvalue weighted by atomic mass is 79.9. The molecule has 1 amide bonds. The molecule has 0 bridgehead atoms. The van der Waals surface area contributed by atoms with Crippen LogP contribution < -0.4 is 10.1 Å². The van der Waals surface area contributed by atoms with E-state index in [9.17, 15) is 4.79 Å². The number of ether oxygens (including phenoxy) is 1. The van der Waals surface area contributed by atoms with Crippen LogP contribution in [0.3, 0.4) is 0 Å². The lowest BCUT2D eigenvalue weighted by Gasteiger charge is -2.11. The first kappa shape index (κ1) is 19.8. The lowest BCUT2D eigenvalue weighted by molar-refractivity contribution is 0.102. The van der Waals surface area contributed by atoms with Gasteiger partial charge in [-0.25, -0.2) is 4.68 Å². The highest BCUT2D eigenvalue weighted by Gasteiger charge is 2.13. The van der Waals surface area contributed by atoms with Gasteiger partial charge in [0.1, 0.15) is 18.2 Å². The van der Waals surface area contributed by atoms with E-state index in [0.717, 1.165) is 21.4 Å². The lowest BCUT2D eigenvalue weighted by Crippen LogP contribution is -2.15. The zero-order valence-corrected chi connectivity index (χ0v) is 17.8. The van der Waals surface area contributed by atoms with Gasteiger partial charge in [-0.05, 0) is 49.4 Å². The van der Waals surface area contributed by atoms with Crippen LogP contribution in [0.1, 0.15) is 21.6 Å². The summed E-state index contributed by atoms with van der Waals surface area (Å²) in [6.07, 6.45) is 3.47. The topological polar surface area (TPSA) is 69.0 Å². The molecular weight excluding hydrogens is 444 g/mol. The van der Waals surface area contributed by atoms with Crippen molar-refractivity contribution in [2.75, 3.05) is 5.32 Å². The van der Waals surface area contributed by atoms with E-state index >= 15 is 0 Å². The minimum absolute atomic E-state index is 0.238. The number of rotatable bonds is 6. The molecule has 4 rings (SSSR count). The van der Waals surface area contributed by atoms with Crippen LogP contribution in [-0.2, 0) is 6.61 Å². The normalized spacial score (nSPS) is 10.6. The van der Waals surface area contributed by atoms with Crippen LogP contribution in [0, 0.1) is 6.92 Å². The van der Waals surface area contributed by atoms with Crippen molar-refractivity contribution in [3.05, 3.63) is 100 Å². The first-order valence-corrected chi connectivity index (χ1v) is 10.1. The summed E-state index contributed by atoms with van der Waals surface area (Å²) in [7, 11) is 0. The van der Waals surface area contributed by atoms with Gasteiger partial charge >= 0.3 is 0 Å². The van der Waals surface area contributed by atoms with Crippen LogP contribution in [0.15, 0.2) is 83.6 Å². The van der Waals surface area contributed by atoms with Crippen molar-refractivity contribution in [3.8, 4) is 11.4 Å². The van der Waals surface area contributed by atoms with Crippen molar-refractivity contribution in [2.45, 2.75) is 13.5 Å². The van der Waals surface area contributed by atoms with Gasteiger partial charge in [0, 0.05) is 34.1 Å². The van der Waals surface area contributed by atoms with Gasteiger partial charge in [-0.1, -0.05) is 34.1 Å². The van der Waals surface area contributed by atoms with Gasteiger partial charge in [0.15, 0.2) is 0 Å². The Balaban J connectivity index is 1.51. The van der Waals surface area contributed by atoms with Gasteiger partial charge in [-0.3, -0.25) is 9.78 Å². The SMILES string of the molecule is Cc1cc(NC(=O)c2cccc(OCc3cccnc3)c2)n(-c2cccc(Br)c2)n1. The smallest absolute Gasteiger partial charge is 0.256 e. The maximum Gasteiger partial charge on any atom is 0.256 e. The second-order valence-corrected chi connectivity index (χ2v) is 7.61. The Hall–Kier alpha value is -3.45. The van der Waals surface area contributed by atoms with Crippen molar-refractivity contribution in [2.24, 2.45) is 0 Å². The van der Waals surface area contributed by atoms with Gasteiger partial charge in [-0.2, -0.15) is 5.10 Å². The molecule has 6 nitrogen and oxygen atoms in total. The number of anilines is 1. The van der Waals surface area contributed by atoms with Crippen molar-refractivity contribution in [1.29, 1.82) is 0 Å². The summed E-state index contributed by atoms with van der Waals surface area (Å²) < 4.78 is 8.44. The molecule has 2 aromatic heterocycles. The van der Waals surface area contributed by atoms with E-state index in [0.29, 0.717) is 23.7 Å². The molecule has 0 unspecified atom stereocenters. The van der Waals surface area contributed by atoms with E-state index in [1.807, 2.05) is 55.5 Å². The number of carbonyl (C=O) groups is 1. The Morgan fingerprint density at radius 1 is 1.10 bits per heavy atom. The van der Waals surface area contributed by atoms with E-state index < -0.39 is 0 Å².